The van der Waals surface area contributed by atoms with E-state index in [1.54, 1.807) is 11.0 Å². The van der Waals surface area contributed by atoms with Crippen LogP contribution in [0.3, 0.4) is 0 Å². The Labute approximate surface area is 212 Å². The fourth-order valence-corrected chi connectivity index (χ4v) is 4.45. The summed E-state index contributed by atoms with van der Waals surface area (Å²) in [5, 5.41) is 7.19. The van der Waals surface area contributed by atoms with E-state index >= 15 is 0 Å². The number of amides is 2. The van der Waals surface area contributed by atoms with Crippen LogP contribution in [0.15, 0.2) is 61.2 Å². The van der Waals surface area contributed by atoms with Crippen LogP contribution in [0.2, 0.25) is 0 Å². The Morgan fingerprint density at radius 1 is 1.06 bits per heavy atom. The van der Waals surface area contributed by atoms with E-state index in [0.717, 1.165) is 28.9 Å². The Kier molecular flexibility index (Phi) is 8.45. The van der Waals surface area contributed by atoms with Crippen LogP contribution in [0.25, 0.3) is 5.69 Å². The maximum atomic E-state index is 13.0. The molecular formula is C27H35N7O2. The van der Waals surface area contributed by atoms with Gasteiger partial charge < -0.3 is 10.2 Å². The summed E-state index contributed by atoms with van der Waals surface area (Å²) in [6, 6.07) is 16.1. The second kappa shape index (κ2) is 11.9. The number of nitrogens with zero attached hydrogens (tertiary/aromatic N) is 6. The lowest BCUT2D eigenvalue weighted by Gasteiger charge is -2.35. The molecule has 4 rings (SSSR count). The fourth-order valence-electron chi connectivity index (χ4n) is 4.45. The summed E-state index contributed by atoms with van der Waals surface area (Å²) in [5.41, 5.74) is 4.09. The lowest BCUT2D eigenvalue weighted by Crippen LogP contribution is -2.52. The molecule has 190 valence electrons. The van der Waals surface area contributed by atoms with Crippen molar-refractivity contribution in [1.29, 1.82) is 0 Å². The van der Waals surface area contributed by atoms with Gasteiger partial charge in [0, 0.05) is 37.9 Å². The Morgan fingerprint density at radius 2 is 1.78 bits per heavy atom. The minimum Gasteiger partial charge on any atom is -0.339 e. The van der Waals surface area contributed by atoms with Gasteiger partial charge in [0.15, 0.2) is 0 Å². The zero-order valence-corrected chi connectivity index (χ0v) is 21.3. The monoisotopic (exact) mass is 489 g/mol. The molecule has 0 spiro atoms. The van der Waals surface area contributed by atoms with Crippen LogP contribution in [0.4, 0.5) is 5.69 Å². The highest BCUT2D eigenvalue weighted by atomic mass is 16.2. The van der Waals surface area contributed by atoms with Crippen molar-refractivity contribution in [3.05, 3.63) is 72.3 Å². The number of hydrogen-bond acceptors (Lipinski definition) is 6. The predicted octanol–water partition coefficient (Wildman–Crippen LogP) is 2.61. The molecule has 0 unspecified atom stereocenters. The Balaban J connectivity index is 1.22. The number of benzene rings is 2. The highest BCUT2D eigenvalue weighted by Crippen LogP contribution is 2.20. The number of aromatic nitrogens is 3. The summed E-state index contributed by atoms with van der Waals surface area (Å²) >= 11 is 0. The Bertz CT molecular complexity index is 1140. The standard InChI is InChI=1S/C27H35N7O2/c1-4-22-7-5-6-8-25(22)30-26(35)17-32-13-15-33(16-14-32)27(36)18-31(3)21(2)23-9-11-24(12-10-23)34-20-28-19-29-34/h5-12,19-21H,4,13-18H2,1-3H3,(H,30,35)/t21-/m0/s1. The molecule has 9 heteroatoms. The van der Waals surface area contributed by atoms with E-state index in [2.05, 4.69) is 51.2 Å². The number of carbonyl (C=O) groups excluding carboxylic acids is 2. The van der Waals surface area contributed by atoms with Gasteiger partial charge in [-0.25, -0.2) is 9.67 Å². The van der Waals surface area contributed by atoms with E-state index in [4.69, 9.17) is 0 Å². The van der Waals surface area contributed by atoms with E-state index < -0.39 is 0 Å². The quantitative estimate of drug-likeness (QED) is 0.497. The summed E-state index contributed by atoms with van der Waals surface area (Å²) in [4.78, 5) is 35.6. The SMILES string of the molecule is CCc1ccccc1NC(=O)CN1CCN(C(=O)CN(C)[C@@H](C)c2ccc(-n3cncn3)cc2)CC1. The molecule has 3 aromatic rings. The van der Waals surface area contributed by atoms with Crippen LogP contribution in [0.1, 0.15) is 31.0 Å². The van der Waals surface area contributed by atoms with E-state index in [0.29, 0.717) is 39.3 Å². The third kappa shape index (κ3) is 6.35. The van der Waals surface area contributed by atoms with Crippen molar-refractivity contribution < 1.29 is 9.59 Å². The number of hydrogen-bond donors (Lipinski definition) is 1. The highest BCUT2D eigenvalue weighted by molar-refractivity contribution is 5.93. The van der Waals surface area contributed by atoms with Crippen molar-refractivity contribution in [3.8, 4) is 5.69 Å². The molecule has 1 atom stereocenters. The topological polar surface area (TPSA) is 86.6 Å². The smallest absolute Gasteiger partial charge is 0.238 e. The van der Waals surface area contributed by atoms with Crippen molar-refractivity contribution in [1.82, 2.24) is 29.5 Å². The summed E-state index contributed by atoms with van der Waals surface area (Å²) in [6.07, 6.45) is 4.05. The van der Waals surface area contributed by atoms with E-state index in [-0.39, 0.29) is 17.9 Å². The average Bonchev–Trinajstić information content (AvgIpc) is 3.44. The van der Waals surface area contributed by atoms with Crippen LogP contribution in [0.5, 0.6) is 0 Å². The van der Waals surface area contributed by atoms with Crippen molar-refractivity contribution in [2.45, 2.75) is 26.3 Å². The molecule has 1 aromatic heterocycles. The highest BCUT2D eigenvalue weighted by Gasteiger charge is 2.24. The molecule has 0 aliphatic carbocycles. The van der Waals surface area contributed by atoms with Gasteiger partial charge in [0.1, 0.15) is 12.7 Å². The van der Waals surface area contributed by atoms with Crippen molar-refractivity contribution in [3.63, 3.8) is 0 Å². The zero-order valence-electron chi connectivity index (χ0n) is 21.3. The van der Waals surface area contributed by atoms with Crippen LogP contribution in [-0.4, -0.2) is 87.6 Å². The first kappa shape index (κ1) is 25.5. The number of nitrogens with one attached hydrogen (secondary N) is 1. The minimum atomic E-state index is -0.0147. The fraction of sp³-hybridized carbons (Fsp3) is 0.407. The van der Waals surface area contributed by atoms with Gasteiger partial charge in [-0.15, -0.1) is 0 Å². The first-order valence-electron chi connectivity index (χ1n) is 12.5. The van der Waals surface area contributed by atoms with E-state index in [1.165, 1.54) is 6.33 Å². The first-order chi connectivity index (χ1) is 17.4. The van der Waals surface area contributed by atoms with Crippen LogP contribution in [-0.2, 0) is 16.0 Å². The summed E-state index contributed by atoms with van der Waals surface area (Å²) in [7, 11) is 1.97. The molecule has 1 saturated heterocycles. The average molecular weight is 490 g/mol. The first-order valence-corrected chi connectivity index (χ1v) is 12.5. The van der Waals surface area contributed by atoms with Crippen LogP contribution in [0, 0.1) is 0 Å². The van der Waals surface area contributed by atoms with Crippen molar-refractivity contribution in [2.24, 2.45) is 0 Å². The van der Waals surface area contributed by atoms with Gasteiger partial charge in [-0.2, -0.15) is 5.10 Å². The number of likely N-dealkylation sites (N-methyl/N-ethyl adjacent to an activating group) is 1. The number of piperazine rings is 1. The Morgan fingerprint density at radius 3 is 2.44 bits per heavy atom. The van der Waals surface area contributed by atoms with E-state index in [1.807, 2.05) is 48.3 Å². The number of carbonyl (C=O) groups is 2. The van der Waals surface area contributed by atoms with Gasteiger partial charge >= 0.3 is 0 Å². The molecule has 0 radical (unpaired) electrons. The largest absolute Gasteiger partial charge is 0.339 e. The maximum absolute atomic E-state index is 13.0. The molecule has 2 amide bonds. The Hall–Kier alpha value is -3.56. The summed E-state index contributed by atoms with van der Waals surface area (Å²) in [6.45, 7) is 7.51. The molecule has 2 aromatic carbocycles. The molecule has 1 aliphatic heterocycles. The normalized spacial score (nSPS) is 15.2. The number of rotatable bonds is 9. The van der Waals surface area contributed by atoms with Gasteiger partial charge in [-0.3, -0.25) is 19.4 Å². The van der Waals surface area contributed by atoms with Gasteiger partial charge in [-0.05, 0) is 49.7 Å². The number of aryl methyl sites for hydroxylation is 1. The van der Waals surface area contributed by atoms with Gasteiger partial charge in [0.05, 0.1) is 18.8 Å². The molecule has 1 aliphatic rings. The predicted molar refractivity (Wildman–Crippen MR) is 140 cm³/mol. The summed E-state index contributed by atoms with van der Waals surface area (Å²) in [5.74, 6) is 0.101. The van der Waals surface area contributed by atoms with Crippen LogP contribution >= 0.6 is 0 Å². The third-order valence-electron chi connectivity index (χ3n) is 6.87. The third-order valence-corrected chi connectivity index (χ3v) is 6.87. The van der Waals surface area contributed by atoms with Crippen molar-refractivity contribution in [2.75, 3.05) is 51.6 Å². The van der Waals surface area contributed by atoms with Gasteiger partial charge in [0.2, 0.25) is 11.8 Å². The molecule has 9 nitrogen and oxygen atoms in total. The van der Waals surface area contributed by atoms with E-state index in [9.17, 15) is 9.59 Å². The molecule has 36 heavy (non-hydrogen) atoms. The molecule has 0 saturated carbocycles. The minimum absolute atomic E-state index is 0.0147. The molecule has 1 fully saturated rings. The second-order valence-electron chi connectivity index (χ2n) is 9.24. The molecule has 2 heterocycles. The van der Waals surface area contributed by atoms with Gasteiger partial charge in [-0.1, -0.05) is 37.3 Å². The zero-order chi connectivity index (χ0) is 25.5. The number of anilines is 1. The molecular weight excluding hydrogens is 454 g/mol. The van der Waals surface area contributed by atoms with Crippen molar-refractivity contribution >= 4 is 17.5 Å². The lowest BCUT2D eigenvalue weighted by atomic mass is 10.1. The molecule has 1 N–H and O–H groups in total. The maximum Gasteiger partial charge on any atom is 0.238 e. The van der Waals surface area contributed by atoms with Gasteiger partial charge in [0.25, 0.3) is 0 Å². The van der Waals surface area contributed by atoms with Crippen LogP contribution < -0.4 is 5.32 Å². The second-order valence-corrected chi connectivity index (χ2v) is 9.24. The molecule has 0 bridgehead atoms. The number of para-hydroxylation sites is 1. The lowest BCUT2D eigenvalue weighted by molar-refractivity contribution is -0.134. The summed E-state index contributed by atoms with van der Waals surface area (Å²) < 4.78 is 1.72.